The van der Waals surface area contributed by atoms with Crippen molar-refractivity contribution in [3.63, 3.8) is 0 Å². The molecule has 3 aromatic heterocycles. The number of aromatic nitrogens is 6. The lowest BCUT2D eigenvalue weighted by Gasteiger charge is -2.35. The monoisotopic (exact) mass is 1430 g/mol. The molecule has 12 heterocycles. The molecule has 9 saturated heterocycles. The molecule has 0 aliphatic carbocycles. The number of tetrazole rings is 1. The smallest absolute Gasteiger partial charge is 0.174 e. The van der Waals surface area contributed by atoms with Crippen molar-refractivity contribution in [2.45, 2.75) is 275 Å². The van der Waals surface area contributed by atoms with E-state index in [-0.39, 0.29) is 0 Å². The highest BCUT2D eigenvalue weighted by atomic mass is 35.5. The maximum Gasteiger partial charge on any atom is 0.174 e. The van der Waals surface area contributed by atoms with Gasteiger partial charge in [-0.2, -0.15) is 5.21 Å². The molecule has 0 aromatic carbocycles. The van der Waals surface area contributed by atoms with Crippen LogP contribution >= 0.6 is 23.2 Å². The number of piperidine rings is 7. The van der Waals surface area contributed by atoms with Crippen molar-refractivity contribution in [1.82, 2.24) is 74.7 Å². The Bertz CT molecular complexity index is 2180. The average Bonchev–Trinajstić information content (AvgIpc) is 1.42. The molecule has 9 aliphatic rings. The third kappa shape index (κ3) is 52.2. The second-order valence-electron chi connectivity index (χ2n) is 32.5. The summed E-state index contributed by atoms with van der Waals surface area (Å²) in [6, 6.07) is 6.35. The highest BCUT2D eigenvalue weighted by Gasteiger charge is 2.24. The summed E-state index contributed by atoms with van der Waals surface area (Å²) in [7, 11) is 19.8. The van der Waals surface area contributed by atoms with Crippen molar-refractivity contribution in [2.24, 2.45) is 29.1 Å². The molecule has 0 bridgehead atoms. The van der Waals surface area contributed by atoms with Crippen molar-refractivity contribution in [1.29, 1.82) is 0 Å². The number of nitrogens with zero attached hydrogens (tertiary/aromatic N) is 14. The first-order valence-corrected chi connectivity index (χ1v) is 41.0. The van der Waals surface area contributed by atoms with Crippen LogP contribution in [0.4, 0.5) is 0 Å². The van der Waals surface area contributed by atoms with Crippen LogP contribution < -0.4 is 0 Å². The van der Waals surface area contributed by atoms with Gasteiger partial charge in [-0.1, -0.05) is 129 Å². The fourth-order valence-corrected chi connectivity index (χ4v) is 14.2. The number of H-pyrrole nitrogens is 1. The highest BCUT2D eigenvalue weighted by molar-refractivity contribution is 6.31. The number of nitrogens with one attached hydrogen (secondary N) is 1. The summed E-state index contributed by atoms with van der Waals surface area (Å²) in [6.45, 7) is 46.9. The van der Waals surface area contributed by atoms with E-state index in [1.165, 1.54) is 245 Å². The van der Waals surface area contributed by atoms with Crippen LogP contribution in [-0.2, 0) is 19.3 Å². The van der Waals surface area contributed by atoms with Crippen LogP contribution in [0.15, 0.2) is 36.9 Å². The molecular formula is C82H161Cl2N15. The third-order valence-corrected chi connectivity index (χ3v) is 21.7. The summed E-state index contributed by atoms with van der Waals surface area (Å²) in [5.74, 6) is 4.55. The molecule has 9 fully saturated rings. The van der Waals surface area contributed by atoms with Gasteiger partial charge in [0.15, 0.2) is 5.82 Å². The van der Waals surface area contributed by atoms with Gasteiger partial charge in [-0.3, -0.25) is 9.97 Å². The number of hydrogen-bond acceptors (Lipinski definition) is 14. The molecule has 0 saturated carbocycles. The van der Waals surface area contributed by atoms with E-state index in [0.717, 1.165) is 95.3 Å². The van der Waals surface area contributed by atoms with Gasteiger partial charge in [0.05, 0.1) is 10.0 Å². The topological polar surface area (TPSA) is 109 Å². The molecule has 15 nitrogen and oxygen atoms in total. The van der Waals surface area contributed by atoms with Gasteiger partial charge in [-0.05, 0) is 344 Å². The van der Waals surface area contributed by atoms with Crippen molar-refractivity contribution in [2.75, 3.05) is 162 Å². The summed E-state index contributed by atoms with van der Waals surface area (Å²) in [5.41, 5.74) is 2.99. The molecule has 578 valence electrons. The Hall–Kier alpha value is -2.41. The van der Waals surface area contributed by atoms with E-state index in [1.807, 2.05) is 18.3 Å². The number of aromatic amines is 1. The van der Waals surface area contributed by atoms with E-state index in [2.05, 4.69) is 221 Å². The van der Waals surface area contributed by atoms with E-state index < -0.39 is 0 Å². The first-order chi connectivity index (χ1) is 47.2. The SMILES string of the molecule is CC1CC(C)CN(C)C1.CC1CCCC(C)N1C.CC1CCCCN1C.CC1CCCN(C)C1.CC1CCN(C)CC1.CCCc1cncc(Cl)c1.CCCc1nn[nH]n1.CCc1ccncc1Cl.CN1CCC(C)(C)CC1.CN1CCCC1.CN1CCCCC1.CN1CCCCCC1. The van der Waals surface area contributed by atoms with Crippen molar-refractivity contribution >= 4 is 23.2 Å². The van der Waals surface area contributed by atoms with Gasteiger partial charge < -0.3 is 44.1 Å². The lowest BCUT2D eigenvalue weighted by molar-refractivity contribution is 0.138. The van der Waals surface area contributed by atoms with E-state index in [0.29, 0.717) is 5.41 Å². The van der Waals surface area contributed by atoms with E-state index in [4.69, 9.17) is 23.2 Å². The Labute approximate surface area is 623 Å². The maximum atomic E-state index is 5.76. The quantitative estimate of drug-likeness (QED) is 0.262. The van der Waals surface area contributed by atoms with E-state index >= 15 is 0 Å². The lowest BCUT2D eigenvalue weighted by Crippen LogP contribution is -2.40. The molecule has 99 heavy (non-hydrogen) atoms. The largest absolute Gasteiger partial charge is 0.306 e. The molecule has 1 N–H and O–H groups in total. The van der Waals surface area contributed by atoms with Crippen LogP contribution in [0.1, 0.15) is 254 Å². The van der Waals surface area contributed by atoms with Crippen LogP contribution in [0.5, 0.6) is 0 Å². The van der Waals surface area contributed by atoms with Gasteiger partial charge in [0.2, 0.25) is 0 Å². The van der Waals surface area contributed by atoms with Gasteiger partial charge in [-0.25, -0.2) is 0 Å². The van der Waals surface area contributed by atoms with Gasteiger partial charge in [0.25, 0.3) is 0 Å². The minimum atomic E-state index is 0.618. The standard InChI is InChI=1S/C8H10ClN.3C8H17N.C7H8ClN.4C7H15N.C6H13N.C5H11N.C4H8N4/c1-2-3-7-4-8(9)6-10-5-7;1-7-4-8(2)6-9(3)5-7;1-8(2)4-6-9(3)7-5-8;1-7-5-4-6-8(2)9(7)3;1-2-6-3-4-9-5-7(6)8;1-7-3-5-8(2)6-4-7;1-7-4-3-5-8(2)6-7;1-7-5-3-4-6-8(7)2;1-8-6-4-2-3-5-7-8;1-7-5-3-2-4-6-7;1-6-4-2-3-5-6;1-2-3-4-5-7-8-6-4/h4-6H,2-3H2,1H3;7-8H,4-6H2,1-3H3;4-7H2,1-3H3;7-8H,4-6H2,1-3H3;3-5H,2H2,1H3;3*7H,3-6H2,1-2H3;2-7H2,1H3;2-6H2,1H3;2-5H2,1H3;2-3H2,1H3,(H,5,6,7,8). The average molecular weight is 1430 g/mol. The Morgan fingerprint density at radius 1 is 0.455 bits per heavy atom. The minimum Gasteiger partial charge on any atom is -0.306 e. The van der Waals surface area contributed by atoms with Gasteiger partial charge in [0, 0.05) is 69.0 Å². The van der Waals surface area contributed by atoms with Crippen LogP contribution in [0.2, 0.25) is 10.0 Å². The number of rotatable bonds is 5. The summed E-state index contributed by atoms with van der Waals surface area (Å²) in [5, 5.41) is 14.8. The normalized spacial score (nSPS) is 25.1. The van der Waals surface area contributed by atoms with Crippen LogP contribution in [0.3, 0.4) is 0 Å². The summed E-state index contributed by atoms with van der Waals surface area (Å²) in [6.07, 6.45) is 43.1. The molecule has 0 radical (unpaired) electrons. The number of likely N-dealkylation sites (tertiary alicyclic amines) is 9. The molecular weight excluding hydrogens is 1270 g/mol. The van der Waals surface area contributed by atoms with Gasteiger partial charge >= 0.3 is 0 Å². The Morgan fingerprint density at radius 2 is 0.929 bits per heavy atom. The Balaban J connectivity index is 0.000000541. The van der Waals surface area contributed by atoms with Crippen LogP contribution in [0.25, 0.3) is 0 Å². The summed E-state index contributed by atoms with van der Waals surface area (Å²) >= 11 is 11.5. The third-order valence-electron chi connectivity index (χ3n) is 21.2. The number of halogens is 2. The molecule has 0 amide bonds. The molecule has 12 rings (SSSR count). The minimum absolute atomic E-state index is 0.618. The Morgan fingerprint density at radius 3 is 1.30 bits per heavy atom. The molecule has 6 atom stereocenters. The highest BCUT2D eigenvalue weighted by Crippen LogP contribution is 2.29. The molecule has 3 aromatic rings. The second kappa shape index (κ2) is 58.8. The predicted molar refractivity (Wildman–Crippen MR) is 433 cm³/mol. The predicted octanol–water partition coefficient (Wildman–Crippen LogP) is 17.8. The van der Waals surface area contributed by atoms with Crippen LogP contribution in [0, 0.1) is 29.1 Å². The maximum absolute atomic E-state index is 5.76. The number of pyridine rings is 2. The molecule has 17 heteroatoms. The first kappa shape index (κ1) is 94.6. The van der Waals surface area contributed by atoms with Gasteiger partial charge in [-0.15, -0.1) is 10.2 Å². The van der Waals surface area contributed by atoms with Crippen molar-refractivity contribution in [3.05, 3.63) is 63.9 Å². The van der Waals surface area contributed by atoms with Crippen LogP contribution in [-0.4, -0.2) is 254 Å². The fraction of sp³-hybridized carbons (Fsp3) is 0.866. The first-order valence-electron chi connectivity index (χ1n) is 40.3. The van der Waals surface area contributed by atoms with Crippen molar-refractivity contribution < 1.29 is 0 Å². The molecule has 6 unspecified atom stereocenters. The zero-order valence-corrected chi connectivity index (χ0v) is 70.2. The molecule has 0 spiro atoms. The summed E-state index contributed by atoms with van der Waals surface area (Å²) in [4.78, 5) is 29.6. The number of hydrogen-bond donors (Lipinski definition) is 1. The second-order valence-corrected chi connectivity index (χ2v) is 33.3. The van der Waals surface area contributed by atoms with E-state index in [1.54, 1.807) is 18.6 Å². The summed E-state index contributed by atoms with van der Waals surface area (Å²) < 4.78 is 0. The van der Waals surface area contributed by atoms with Gasteiger partial charge in [0.1, 0.15) is 0 Å². The lowest BCUT2D eigenvalue weighted by atomic mass is 9.83. The zero-order valence-electron chi connectivity index (χ0n) is 68.7. The van der Waals surface area contributed by atoms with E-state index in [9.17, 15) is 0 Å². The zero-order chi connectivity index (χ0) is 73.8. The molecule has 9 aliphatic heterocycles. The fourth-order valence-electron chi connectivity index (χ4n) is 13.8. The number of aryl methyl sites for hydroxylation is 3. The van der Waals surface area contributed by atoms with Crippen molar-refractivity contribution in [3.8, 4) is 0 Å². The Kier molecular flexibility index (Phi) is 56.2.